The third-order valence-corrected chi connectivity index (χ3v) is 5.58. The molecule has 1 amide bonds. The molecular formula is C27H25ClN4O2. The van der Waals surface area contributed by atoms with Crippen molar-refractivity contribution in [2.24, 2.45) is 0 Å². The Hall–Kier alpha value is -3.74. The fourth-order valence-electron chi connectivity index (χ4n) is 3.61. The molecule has 7 heteroatoms. The second-order valence-corrected chi connectivity index (χ2v) is 8.54. The van der Waals surface area contributed by atoms with Crippen LogP contribution in [0.25, 0.3) is 22.3 Å². The molecule has 4 aromatic rings. The van der Waals surface area contributed by atoms with E-state index in [1.807, 2.05) is 50.8 Å². The predicted molar refractivity (Wildman–Crippen MR) is 136 cm³/mol. The van der Waals surface area contributed by atoms with E-state index in [-0.39, 0.29) is 5.91 Å². The van der Waals surface area contributed by atoms with Crippen LogP contribution in [0.3, 0.4) is 0 Å². The van der Waals surface area contributed by atoms with Crippen molar-refractivity contribution in [3.63, 3.8) is 0 Å². The summed E-state index contributed by atoms with van der Waals surface area (Å²) in [6.07, 6.45) is 5.30. The Morgan fingerprint density at radius 3 is 2.38 bits per heavy atom. The van der Waals surface area contributed by atoms with Gasteiger partial charge in [0, 0.05) is 46.7 Å². The predicted octanol–water partition coefficient (Wildman–Crippen LogP) is 5.79. The van der Waals surface area contributed by atoms with Crippen molar-refractivity contribution < 1.29 is 9.53 Å². The van der Waals surface area contributed by atoms with E-state index in [9.17, 15) is 4.79 Å². The first-order valence-electron chi connectivity index (χ1n) is 10.7. The molecule has 0 unspecified atom stereocenters. The fraction of sp³-hybridized carbons (Fsp3) is 0.148. The summed E-state index contributed by atoms with van der Waals surface area (Å²) >= 11 is 6.48. The van der Waals surface area contributed by atoms with Gasteiger partial charge in [-0.15, -0.1) is 0 Å². The van der Waals surface area contributed by atoms with Gasteiger partial charge in [0.1, 0.15) is 0 Å². The highest BCUT2D eigenvalue weighted by Gasteiger charge is 2.12. The van der Waals surface area contributed by atoms with Crippen molar-refractivity contribution in [2.75, 3.05) is 26.5 Å². The van der Waals surface area contributed by atoms with Crippen LogP contribution in [-0.2, 0) is 6.54 Å². The van der Waals surface area contributed by atoms with Gasteiger partial charge >= 0.3 is 0 Å². The minimum Gasteiger partial charge on any atom is -0.481 e. The lowest BCUT2D eigenvalue weighted by Crippen LogP contribution is -2.12. The number of hydrogen-bond acceptors (Lipinski definition) is 5. The SMILES string of the molecule is COc1ccc(NC(=O)c2ccc(Cl)c(-c3ccc(-c4cncc(CN(C)C)c4)cc3)c2)cn1. The quantitative estimate of drug-likeness (QED) is 0.369. The highest BCUT2D eigenvalue weighted by atomic mass is 35.5. The Labute approximate surface area is 204 Å². The summed E-state index contributed by atoms with van der Waals surface area (Å²) in [4.78, 5) is 23.4. The molecule has 0 bridgehead atoms. The standard InChI is InChI=1S/C27H25ClN4O2/c1-32(2)17-18-12-22(15-29-14-18)19-4-6-20(7-5-19)24-13-21(8-10-25(24)28)27(33)31-23-9-11-26(34-3)30-16-23/h4-16H,17H2,1-3H3,(H,31,33). The molecule has 172 valence electrons. The van der Waals surface area contributed by atoms with Crippen LogP contribution in [-0.4, -0.2) is 42.0 Å². The number of amides is 1. The molecule has 0 radical (unpaired) electrons. The summed E-state index contributed by atoms with van der Waals surface area (Å²) in [5.41, 5.74) is 6.06. The first-order valence-corrected chi connectivity index (χ1v) is 11.1. The number of methoxy groups -OCH3 is 1. The summed E-state index contributed by atoms with van der Waals surface area (Å²) < 4.78 is 5.05. The first-order chi connectivity index (χ1) is 16.4. The van der Waals surface area contributed by atoms with Crippen LogP contribution in [0.4, 0.5) is 5.69 Å². The maximum absolute atomic E-state index is 12.8. The summed E-state index contributed by atoms with van der Waals surface area (Å²) in [5, 5.41) is 3.42. The van der Waals surface area contributed by atoms with Crippen molar-refractivity contribution in [3.8, 4) is 28.1 Å². The minimum atomic E-state index is -0.245. The Kier molecular flexibility index (Phi) is 7.21. The van der Waals surface area contributed by atoms with Crippen LogP contribution in [0.15, 0.2) is 79.3 Å². The average molecular weight is 473 g/mol. The van der Waals surface area contributed by atoms with Crippen molar-refractivity contribution >= 4 is 23.2 Å². The van der Waals surface area contributed by atoms with Crippen molar-refractivity contribution in [3.05, 3.63) is 95.4 Å². The number of nitrogens with zero attached hydrogens (tertiary/aromatic N) is 3. The van der Waals surface area contributed by atoms with Crippen LogP contribution in [0.2, 0.25) is 5.02 Å². The van der Waals surface area contributed by atoms with E-state index in [0.717, 1.165) is 34.4 Å². The van der Waals surface area contributed by atoms with E-state index >= 15 is 0 Å². The van der Waals surface area contributed by atoms with Gasteiger partial charge in [-0.2, -0.15) is 0 Å². The molecule has 4 rings (SSSR count). The lowest BCUT2D eigenvalue weighted by atomic mass is 9.99. The smallest absolute Gasteiger partial charge is 0.255 e. The number of aromatic nitrogens is 2. The Morgan fingerprint density at radius 2 is 1.71 bits per heavy atom. The zero-order chi connectivity index (χ0) is 24.1. The van der Waals surface area contributed by atoms with Crippen molar-refractivity contribution in [1.82, 2.24) is 14.9 Å². The van der Waals surface area contributed by atoms with Crippen LogP contribution >= 0.6 is 11.6 Å². The van der Waals surface area contributed by atoms with Gasteiger partial charge in [0.25, 0.3) is 5.91 Å². The number of rotatable bonds is 7. The number of hydrogen-bond donors (Lipinski definition) is 1. The zero-order valence-electron chi connectivity index (χ0n) is 19.2. The molecule has 0 aliphatic heterocycles. The lowest BCUT2D eigenvalue weighted by molar-refractivity contribution is 0.102. The number of halogens is 1. The van der Waals surface area contributed by atoms with Crippen LogP contribution in [0.5, 0.6) is 5.88 Å². The molecule has 2 aromatic carbocycles. The second kappa shape index (κ2) is 10.5. The van der Waals surface area contributed by atoms with Crippen LogP contribution < -0.4 is 10.1 Å². The summed E-state index contributed by atoms with van der Waals surface area (Å²) in [6.45, 7) is 0.829. The van der Waals surface area contributed by atoms with Gasteiger partial charge in [-0.1, -0.05) is 35.9 Å². The first kappa shape index (κ1) is 23.4. The zero-order valence-corrected chi connectivity index (χ0v) is 20.0. The molecule has 0 saturated carbocycles. The van der Waals surface area contributed by atoms with E-state index in [1.54, 1.807) is 43.6 Å². The molecule has 0 spiro atoms. The largest absolute Gasteiger partial charge is 0.481 e. The number of pyridine rings is 2. The maximum Gasteiger partial charge on any atom is 0.255 e. The summed E-state index contributed by atoms with van der Waals surface area (Å²) in [5.74, 6) is 0.237. The fourth-order valence-corrected chi connectivity index (χ4v) is 3.83. The molecule has 0 aliphatic carbocycles. The molecular weight excluding hydrogens is 448 g/mol. The van der Waals surface area contributed by atoms with E-state index in [0.29, 0.717) is 22.2 Å². The van der Waals surface area contributed by atoms with E-state index in [1.165, 1.54) is 0 Å². The van der Waals surface area contributed by atoms with Gasteiger partial charge in [-0.05, 0) is 61.1 Å². The average Bonchev–Trinajstić information content (AvgIpc) is 2.84. The Bertz CT molecular complexity index is 1290. The molecule has 34 heavy (non-hydrogen) atoms. The minimum absolute atomic E-state index is 0.245. The molecule has 0 atom stereocenters. The number of carbonyl (C=O) groups is 1. The number of carbonyl (C=O) groups excluding carboxylic acids is 1. The highest BCUT2D eigenvalue weighted by Crippen LogP contribution is 2.31. The molecule has 0 saturated heterocycles. The molecule has 0 fully saturated rings. The van der Waals surface area contributed by atoms with E-state index < -0.39 is 0 Å². The monoisotopic (exact) mass is 472 g/mol. The molecule has 2 heterocycles. The molecule has 6 nitrogen and oxygen atoms in total. The third kappa shape index (κ3) is 5.60. The number of anilines is 1. The molecule has 1 N–H and O–H groups in total. The van der Waals surface area contributed by atoms with E-state index in [4.69, 9.17) is 16.3 Å². The van der Waals surface area contributed by atoms with Gasteiger partial charge in [-0.25, -0.2) is 4.98 Å². The van der Waals surface area contributed by atoms with Crippen molar-refractivity contribution in [1.29, 1.82) is 0 Å². The highest BCUT2D eigenvalue weighted by molar-refractivity contribution is 6.33. The van der Waals surface area contributed by atoms with Crippen LogP contribution in [0.1, 0.15) is 15.9 Å². The van der Waals surface area contributed by atoms with Gasteiger partial charge < -0.3 is 15.0 Å². The van der Waals surface area contributed by atoms with Crippen molar-refractivity contribution in [2.45, 2.75) is 6.54 Å². The van der Waals surface area contributed by atoms with Gasteiger partial charge in [0.2, 0.25) is 5.88 Å². The Balaban J connectivity index is 1.55. The topological polar surface area (TPSA) is 67.3 Å². The van der Waals surface area contributed by atoms with Gasteiger partial charge in [0.15, 0.2) is 0 Å². The van der Waals surface area contributed by atoms with Gasteiger partial charge in [-0.3, -0.25) is 9.78 Å². The summed E-state index contributed by atoms with van der Waals surface area (Å²) in [6, 6.07) is 18.9. The Morgan fingerprint density at radius 1 is 0.941 bits per heavy atom. The van der Waals surface area contributed by atoms with Gasteiger partial charge in [0.05, 0.1) is 19.0 Å². The number of nitrogens with one attached hydrogen (secondary N) is 1. The summed E-state index contributed by atoms with van der Waals surface area (Å²) in [7, 11) is 5.61. The number of benzene rings is 2. The van der Waals surface area contributed by atoms with Crippen LogP contribution in [0, 0.1) is 0 Å². The normalized spacial score (nSPS) is 10.9. The molecule has 2 aromatic heterocycles. The second-order valence-electron chi connectivity index (χ2n) is 8.13. The number of ether oxygens (including phenoxy) is 1. The third-order valence-electron chi connectivity index (χ3n) is 5.25. The maximum atomic E-state index is 12.8. The van der Waals surface area contributed by atoms with E-state index in [2.05, 4.69) is 26.3 Å². The molecule has 0 aliphatic rings. The lowest BCUT2D eigenvalue weighted by Gasteiger charge is -2.12.